The first kappa shape index (κ1) is 38.6. The summed E-state index contributed by atoms with van der Waals surface area (Å²) in [6.45, 7) is 17.5. The number of aliphatic hydroxyl groups excluding tert-OH is 3. The minimum atomic E-state index is -0.731. The summed E-state index contributed by atoms with van der Waals surface area (Å²) in [5.74, 6) is -0.0310. The van der Waals surface area contributed by atoms with E-state index in [9.17, 15) is 30.0 Å². The smallest absolute Gasteiger partial charge is 0.159 e. The van der Waals surface area contributed by atoms with Crippen molar-refractivity contribution in [3.8, 4) is 5.75 Å². The van der Waals surface area contributed by atoms with Crippen molar-refractivity contribution >= 4 is 11.6 Å². The number of hydrogen-bond acceptors (Lipinski definition) is 9. The molecule has 4 fully saturated rings. The number of carbonyl (C=O) groups is 2. The molecule has 1 heterocycles. The Morgan fingerprint density at radius 2 is 1.71 bits per heavy atom. The molecule has 9 heteroatoms. The lowest BCUT2D eigenvalue weighted by Gasteiger charge is -2.71. The highest BCUT2D eigenvalue weighted by Crippen LogP contribution is 2.76. The van der Waals surface area contributed by atoms with Gasteiger partial charge in [0.15, 0.2) is 5.78 Å². The van der Waals surface area contributed by atoms with Gasteiger partial charge >= 0.3 is 0 Å². The van der Waals surface area contributed by atoms with Crippen LogP contribution >= 0.6 is 0 Å². The number of epoxide rings is 1. The maximum absolute atomic E-state index is 14.8. The maximum atomic E-state index is 14.8. The highest BCUT2D eigenvalue weighted by atomic mass is 16.6. The third kappa shape index (κ3) is 6.16. The molecule has 3 saturated carbocycles. The Kier molecular flexibility index (Phi) is 10.1. The molecule has 5 aliphatic rings. The van der Waals surface area contributed by atoms with E-state index < -0.39 is 34.4 Å². The van der Waals surface area contributed by atoms with Crippen LogP contribution in [0.4, 0.5) is 0 Å². The highest BCUT2D eigenvalue weighted by molar-refractivity contribution is 6.00. The lowest BCUT2D eigenvalue weighted by molar-refractivity contribution is -0.203. The van der Waals surface area contributed by atoms with Crippen LogP contribution < -0.4 is 10.6 Å². The number of aromatic hydroxyl groups is 1. The zero-order chi connectivity index (χ0) is 37.5. The van der Waals surface area contributed by atoms with Crippen molar-refractivity contribution in [2.45, 2.75) is 143 Å². The Morgan fingerprint density at radius 3 is 2.31 bits per heavy atom. The van der Waals surface area contributed by atoms with Gasteiger partial charge in [-0.1, -0.05) is 46.3 Å². The molecule has 51 heavy (non-hydrogen) atoms. The van der Waals surface area contributed by atoms with Gasteiger partial charge in [-0.3, -0.25) is 9.59 Å². The van der Waals surface area contributed by atoms with E-state index in [0.29, 0.717) is 45.2 Å². The van der Waals surface area contributed by atoms with Crippen LogP contribution in [0.15, 0.2) is 29.3 Å². The lowest BCUT2D eigenvalue weighted by atomic mass is 9.33. The molecule has 11 unspecified atom stereocenters. The van der Waals surface area contributed by atoms with Crippen molar-refractivity contribution in [1.82, 2.24) is 10.6 Å². The van der Waals surface area contributed by atoms with Gasteiger partial charge in [0.05, 0.1) is 17.8 Å². The van der Waals surface area contributed by atoms with Gasteiger partial charge in [-0.15, -0.1) is 0 Å². The summed E-state index contributed by atoms with van der Waals surface area (Å²) in [7, 11) is 1.87. The average molecular weight is 709 g/mol. The minimum Gasteiger partial charge on any atom is -0.508 e. The van der Waals surface area contributed by atoms with E-state index in [4.69, 9.17) is 4.74 Å². The van der Waals surface area contributed by atoms with Crippen LogP contribution in [-0.2, 0) is 20.9 Å². The molecule has 11 atom stereocenters. The Bertz CT molecular complexity index is 1570. The van der Waals surface area contributed by atoms with Gasteiger partial charge in [0.2, 0.25) is 0 Å². The predicted octanol–water partition coefficient (Wildman–Crippen LogP) is 5.18. The van der Waals surface area contributed by atoms with Gasteiger partial charge in [-0.05, 0) is 124 Å². The molecule has 0 radical (unpaired) electrons. The predicted molar refractivity (Wildman–Crippen MR) is 197 cm³/mol. The number of allylic oxidation sites excluding steroid dienone is 2. The first-order valence-electron chi connectivity index (χ1n) is 19.4. The van der Waals surface area contributed by atoms with Crippen LogP contribution in [0, 0.1) is 39.4 Å². The summed E-state index contributed by atoms with van der Waals surface area (Å²) in [4.78, 5) is 29.1. The molecule has 9 nitrogen and oxygen atoms in total. The summed E-state index contributed by atoms with van der Waals surface area (Å²) < 4.78 is 5.76. The molecule has 1 aromatic rings. The molecule has 1 aliphatic heterocycles. The zero-order valence-corrected chi connectivity index (χ0v) is 32.4. The number of ketones is 2. The number of carbonyl (C=O) groups excluding carboxylic acids is 2. The molecule has 1 saturated heterocycles. The second-order valence-corrected chi connectivity index (χ2v) is 18.7. The van der Waals surface area contributed by atoms with Crippen LogP contribution in [0.1, 0.15) is 117 Å². The van der Waals surface area contributed by atoms with E-state index in [0.717, 1.165) is 29.5 Å². The molecule has 0 aromatic heterocycles. The van der Waals surface area contributed by atoms with E-state index in [2.05, 4.69) is 51.3 Å². The number of phenolic OH excluding ortho intramolecular Hbond substituents is 1. The average Bonchev–Trinajstić information content (AvgIpc) is 3.57. The molecule has 1 aromatic carbocycles. The third-order valence-corrected chi connectivity index (χ3v) is 14.6. The minimum absolute atomic E-state index is 0.0131. The van der Waals surface area contributed by atoms with E-state index in [1.807, 2.05) is 20.9 Å². The number of aliphatic hydroxyl groups is 3. The number of hydrogen-bond donors (Lipinski definition) is 6. The van der Waals surface area contributed by atoms with Gasteiger partial charge < -0.3 is 35.8 Å². The number of phenols is 1. The summed E-state index contributed by atoms with van der Waals surface area (Å²) in [5, 5.41) is 50.3. The summed E-state index contributed by atoms with van der Waals surface area (Å²) >= 11 is 0. The molecular formula is C42H64N2O7. The fourth-order valence-corrected chi connectivity index (χ4v) is 12.8. The van der Waals surface area contributed by atoms with E-state index in [-0.39, 0.29) is 64.8 Å². The van der Waals surface area contributed by atoms with Gasteiger partial charge in [0, 0.05) is 48.9 Å². The molecule has 6 N–H and O–H groups in total. The van der Waals surface area contributed by atoms with Crippen LogP contribution in [0.3, 0.4) is 0 Å². The highest BCUT2D eigenvalue weighted by Gasteiger charge is 2.72. The number of nitrogens with one attached hydrogen (secondary N) is 2. The second-order valence-electron chi connectivity index (χ2n) is 18.7. The van der Waals surface area contributed by atoms with Crippen molar-refractivity contribution in [3.63, 3.8) is 0 Å². The molecular weight excluding hydrogens is 644 g/mol. The van der Waals surface area contributed by atoms with Crippen LogP contribution in [0.5, 0.6) is 5.75 Å². The fourth-order valence-electron chi connectivity index (χ4n) is 12.8. The van der Waals surface area contributed by atoms with E-state index >= 15 is 0 Å². The van der Waals surface area contributed by atoms with Crippen molar-refractivity contribution in [1.29, 1.82) is 0 Å². The Morgan fingerprint density at radius 1 is 1.02 bits per heavy atom. The van der Waals surface area contributed by atoms with Crippen molar-refractivity contribution in [3.05, 3.63) is 40.5 Å². The largest absolute Gasteiger partial charge is 0.508 e. The fraction of sp³-hybridized carbons (Fsp3) is 0.762. The topological polar surface area (TPSA) is 152 Å². The Hall–Kier alpha value is -2.14. The number of ether oxygens (including phenoxy) is 1. The molecule has 0 amide bonds. The molecule has 284 valence electrons. The molecule has 0 spiro atoms. The van der Waals surface area contributed by atoms with Gasteiger partial charge in [-0.25, -0.2) is 0 Å². The SMILES string of the molecule is CNCc1cc(O)cc(C2CC3(C)C(C(NCC(C)O)CC4(CCO)C3CCC3=C(C(C)CC(O)C5OC5(C)C)C(=O)CC34C)C(C)(C)C2=O)c1. The van der Waals surface area contributed by atoms with Crippen molar-refractivity contribution in [2.24, 2.45) is 39.4 Å². The van der Waals surface area contributed by atoms with Crippen LogP contribution in [0.2, 0.25) is 0 Å². The summed E-state index contributed by atoms with van der Waals surface area (Å²) in [6, 6.07) is 5.41. The summed E-state index contributed by atoms with van der Waals surface area (Å²) in [5.41, 5.74) is 1.39. The number of rotatable bonds is 12. The molecule has 0 bridgehead atoms. The third-order valence-electron chi connectivity index (χ3n) is 14.6. The van der Waals surface area contributed by atoms with Crippen molar-refractivity contribution < 1.29 is 34.8 Å². The number of Topliss-reactive ketones (excluding diaryl/α,β-unsaturated/α-hetero) is 2. The first-order chi connectivity index (χ1) is 23.8. The Balaban J connectivity index is 1.47. The van der Waals surface area contributed by atoms with Crippen LogP contribution in [-0.4, -0.2) is 82.1 Å². The van der Waals surface area contributed by atoms with Gasteiger partial charge in [-0.2, -0.15) is 0 Å². The zero-order valence-electron chi connectivity index (χ0n) is 32.4. The van der Waals surface area contributed by atoms with Gasteiger partial charge in [0.1, 0.15) is 17.6 Å². The Labute approximate surface area is 305 Å². The van der Waals surface area contributed by atoms with Gasteiger partial charge in [0.25, 0.3) is 0 Å². The monoisotopic (exact) mass is 708 g/mol. The van der Waals surface area contributed by atoms with Crippen LogP contribution in [0.25, 0.3) is 0 Å². The normalized spacial score (nSPS) is 38.5. The first-order valence-corrected chi connectivity index (χ1v) is 19.4. The molecule has 4 aliphatic carbocycles. The lowest BCUT2D eigenvalue weighted by Crippen LogP contribution is -2.70. The van der Waals surface area contributed by atoms with E-state index in [1.54, 1.807) is 19.1 Å². The maximum Gasteiger partial charge on any atom is 0.159 e. The summed E-state index contributed by atoms with van der Waals surface area (Å²) in [6.07, 6.45) is 2.80. The van der Waals surface area contributed by atoms with Crippen molar-refractivity contribution in [2.75, 3.05) is 20.2 Å². The number of fused-ring (bicyclic) bond motifs is 5. The quantitative estimate of drug-likeness (QED) is 0.162. The molecule has 6 rings (SSSR count). The van der Waals surface area contributed by atoms with E-state index in [1.165, 1.54) is 5.57 Å². The number of benzene rings is 1. The second kappa shape index (κ2) is 13.3. The standard InChI is InChI=1S/C42H64N2O7/c1-23(14-31(48)37-39(5,6)51-37)34-29-10-11-33-40(7)18-28(26-15-25(22-43-9)16-27(47)17-26)36(50)38(3,4)35(40)30(44-21-24(2)46)19-42(33,12-13-45)41(29,8)20-32(34)49/h15-17,23-24,28,30-31,33,35,37,43-48H,10-14,18-22H2,1-9H3.